The van der Waals surface area contributed by atoms with Gasteiger partial charge in [0, 0.05) is 12.5 Å². The smallest absolute Gasteiger partial charge is 0.416 e. The van der Waals surface area contributed by atoms with Gasteiger partial charge in [-0.2, -0.15) is 26.3 Å². The average molecular weight is 660 g/mol. The fourth-order valence-corrected chi connectivity index (χ4v) is 5.50. The summed E-state index contributed by atoms with van der Waals surface area (Å²) in [5.74, 6) is -1.14. The van der Waals surface area contributed by atoms with Crippen molar-refractivity contribution in [2.45, 2.75) is 88.4 Å². The molecule has 1 aliphatic carbocycles. The van der Waals surface area contributed by atoms with Gasteiger partial charge in [0.15, 0.2) is 0 Å². The molecular formula is C32H39F6N3O5. The van der Waals surface area contributed by atoms with Crippen molar-refractivity contribution in [3.8, 4) is 0 Å². The molecule has 0 spiro atoms. The number of nitrogens with one attached hydrogen (secondary N) is 3. The van der Waals surface area contributed by atoms with Crippen molar-refractivity contribution in [3.05, 3.63) is 70.8 Å². The second kappa shape index (κ2) is 13.9. The third-order valence-electron chi connectivity index (χ3n) is 7.96. The van der Waals surface area contributed by atoms with Crippen molar-refractivity contribution in [1.82, 2.24) is 16.0 Å². The van der Waals surface area contributed by atoms with E-state index in [0.29, 0.717) is 12.1 Å². The van der Waals surface area contributed by atoms with Crippen LogP contribution < -0.4 is 16.0 Å². The number of carbonyl (C=O) groups is 3. The molecule has 0 aliphatic heterocycles. The van der Waals surface area contributed by atoms with Gasteiger partial charge in [-0.15, -0.1) is 0 Å². The van der Waals surface area contributed by atoms with E-state index in [2.05, 4.69) is 16.0 Å². The van der Waals surface area contributed by atoms with Crippen LogP contribution in [0.5, 0.6) is 0 Å². The van der Waals surface area contributed by atoms with Crippen molar-refractivity contribution < 1.29 is 50.2 Å². The Morgan fingerprint density at radius 2 is 1.41 bits per heavy atom. The molecule has 0 radical (unpaired) electrons. The average Bonchev–Trinajstić information content (AvgIpc) is 2.97. The van der Waals surface area contributed by atoms with Crippen LogP contribution in [-0.2, 0) is 36.8 Å². The minimum Gasteiger partial charge on any atom is -0.459 e. The summed E-state index contributed by atoms with van der Waals surface area (Å²) in [5.41, 5.74) is -5.30. The van der Waals surface area contributed by atoms with Crippen LogP contribution in [-0.4, -0.2) is 49.2 Å². The lowest BCUT2D eigenvalue weighted by molar-refractivity contribution is -0.153. The second-order valence-electron chi connectivity index (χ2n) is 12.5. The largest absolute Gasteiger partial charge is 0.459 e. The lowest BCUT2D eigenvalue weighted by Crippen LogP contribution is -2.63. The van der Waals surface area contributed by atoms with Crippen LogP contribution >= 0.6 is 0 Å². The highest BCUT2D eigenvalue weighted by molar-refractivity contribution is 5.91. The van der Waals surface area contributed by atoms with E-state index < -0.39 is 70.6 Å². The number of halogens is 6. The summed E-state index contributed by atoms with van der Waals surface area (Å²) in [7, 11) is 1.42. The molecule has 14 heteroatoms. The van der Waals surface area contributed by atoms with E-state index in [4.69, 9.17) is 9.47 Å². The minimum absolute atomic E-state index is 0.0673. The van der Waals surface area contributed by atoms with E-state index in [1.807, 2.05) is 12.1 Å². The maximum Gasteiger partial charge on any atom is 0.416 e. The molecule has 0 saturated heterocycles. The lowest BCUT2D eigenvalue weighted by Gasteiger charge is -2.46. The molecule has 1 aliphatic rings. The van der Waals surface area contributed by atoms with Crippen LogP contribution in [0.4, 0.5) is 31.1 Å². The zero-order valence-electron chi connectivity index (χ0n) is 26.2. The molecule has 0 heterocycles. The van der Waals surface area contributed by atoms with Crippen LogP contribution in [0.15, 0.2) is 48.5 Å². The Kier molecular flexibility index (Phi) is 11.1. The van der Waals surface area contributed by atoms with Crippen LogP contribution in [0, 0.1) is 0 Å². The SMILES string of the molecule is CNC(=O)C1(NC(=O)NCC(=O)OC(C)(C)C)CCC(CO[C@H](C)c2cc(C(F)(F)F)cc(C(F)(F)F)c2)(c2ccccc2)CC1. The third kappa shape index (κ3) is 9.36. The first kappa shape index (κ1) is 36.7. The Balaban J connectivity index is 1.83. The zero-order chi connectivity index (χ0) is 34.6. The summed E-state index contributed by atoms with van der Waals surface area (Å²) in [6, 6.07) is 9.60. The molecule has 46 heavy (non-hydrogen) atoms. The van der Waals surface area contributed by atoms with Crippen LogP contribution in [0.1, 0.15) is 81.7 Å². The Hall–Kier alpha value is -3.81. The molecular weight excluding hydrogens is 620 g/mol. The summed E-state index contributed by atoms with van der Waals surface area (Å²) in [4.78, 5) is 38.0. The molecule has 2 aromatic carbocycles. The molecule has 2 aromatic rings. The zero-order valence-corrected chi connectivity index (χ0v) is 26.2. The maximum atomic E-state index is 13.5. The van der Waals surface area contributed by atoms with Gasteiger partial charge in [-0.3, -0.25) is 9.59 Å². The first-order valence-electron chi connectivity index (χ1n) is 14.7. The predicted molar refractivity (Wildman–Crippen MR) is 157 cm³/mol. The fraction of sp³-hybridized carbons (Fsp3) is 0.531. The normalized spacial score (nSPS) is 21.2. The van der Waals surface area contributed by atoms with Crippen LogP contribution in [0.3, 0.4) is 0 Å². The number of alkyl halides is 6. The van der Waals surface area contributed by atoms with Gasteiger partial charge in [0.1, 0.15) is 17.7 Å². The van der Waals surface area contributed by atoms with Crippen LogP contribution in [0.25, 0.3) is 0 Å². The molecule has 3 amide bonds. The highest BCUT2D eigenvalue weighted by atomic mass is 19.4. The molecule has 0 unspecified atom stereocenters. The van der Waals surface area contributed by atoms with E-state index >= 15 is 0 Å². The lowest BCUT2D eigenvalue weighted by atomic mass is 9.64. The van der Waals surface area contributed by atoms with E-state index in [1.54, 1.807) is 39.0 Å². The van der Waals surface area contributed by atoms with Gasteiger partial charge in [-0.1, -0.05) is 30.3 Å². The summed E-state index contributed by atoms with van der Waals surface area (Å²) in [6.07, 6.45) is -10.4. The highest BCUT2D eigenvalue weighted by Gasteiger charge is 2.49. The maximum absolute atomic E-state index is 13.5. The number of esters is 1. The number of rotatable bonds is 9. The summed E-state index contributed by atoms with van der Waals surface area (Å²) >= 11 is 0. The minimum atomic E-state index is -5.00. The molecule has 1 atom stereocenters. The molecule has 1 fully saturated rings. The Labute approximate surface area is 263 Å². The van der Waals surface area contributed by atoms with Gasteiger partial charge in [0.2, 0.25) is 5.91 Å². The number of likely N-dealkylation sites (N-methyl/N-ethyl adjacent to an activating group) is 1. The third-order valence-corrected chi connectivity index (χ3v) is 7.96. The molecule has 3 rings (SSSR count). The molecule has 0 bridgehead atoms. The summed E-state index contributed by atoms with van der Waals surface area (Å²) < 4.78 is 92.0. The monoisotopic (exact) mass is 659 g/mol. The number of urea groups is 1. The number of benzene rings is 2. The molecule has 254 valence electrons. The molecule has 8 nitrogen and oxygen atoms in total. The quantitative estimate of drug-likeness (QED) is 0.212. The standard InChI is InChI=1S/C32H39F6N3O5/c1-20(21-15-23(31(33,34)35)17-24(16-21)32(36,37)38)45-19-29(22-9-7-6-8-10-22)11-13-30(14-12-29,26(43)39-5)41-27(44)40-18-25(42)46-28(2,3)4/h6-10,15-17,20H,11-14,18-19H2,1-5H3,(H,39,43)(H2,40,41,44)/t20-,29?,30?/m1/s1. The van der Waals surface area contributed by atoms with Gasteiger partial charge in [-0.05, 0) is 82.7 Å². The first-order chi connectivity index (χ1) is 21.2. The van der Waals surface area contributed by atoms with E-state index in [9.17, 15) is 40.7 Å². The number of hydrogen-bond acceptors (Lipinski definition) is 5. The van der Waals surface area contributed by atoms with Gasteiger partial charge >= 0.3 is 24.4 Å². The number of ether oxygens (including phenoxy) is 2. The first-order valence-corrected chi connectivity index (χ1v) is 14.7. The second-order valence-corrected chi connectivity index (χ2v) is 12.5. The van der Waals surface area contributed by atoms with Gasteiger partial charge in [0.25, 0.3) is 0 Å². The number of hydrogen-bond donors (Lipinski definition) is 3. The van der Waals surface area contributed by atoms with E-state index in [-0.39, 0.29) is 43.9 Å². The molecule has 3 N–H and O–H groups in total. The van der Waals surface area contributed by atoms with Crippen molar-refractivity contribution in [2.75, 3.05) is 20.2 Å². The topological polar surface area (TPSA) is 106 Å². The van der Waals surface area contributed by atoms with Gasteiger partial charge < -0.3 is 25.4 Å². The Bertz CT molecular complexity index is 1350. The van der Waals surface area contributed by atoms with Crippen molar-refractivity contribution in [3.63, 3.8) is 0 Å². The Morgan fingerprint density at radius 1 is 0.870 bits per heavy atom. The molecule has 1 saturated carbocycles. The van der Waals surface area contributed by atoms with Gasteiger partial charge in [0.05, 0.1) is 23.8 Å². The van der Waals surface area contributed by atoms with E-state index in [1.165, 1.54) is 14.0 Å². The fourth-order valence-electron chi connectivity index (χ4n) is 5.50. The van der Waals surface area contributed by atoms with Gasteiger partial charge in [-0.25, -0.2) is 4.79 Å². The van der Waals surface area contributed by atoms with Crippen molar-refractivity contribution >= 4 is 17.9 Å². The van der Waals surface area contributed by atoms with Crippen molar-refractivity contribution in [2.24, 2.45) is 0 Å². The predicted octanol–water partition coefficient (Wildman–Crippen LogP) is 6.44. The van der Waals surface area contributed by atoms with Crippen LogP contribution in [0.2, 0.25) is 0 Å². The molecule has 0 aromatic heterocycles. The number of amides is 3. The number of carbonyl (C=O) groups excluding carboxylic acids is 3. The van der Waals surface area contributed by atoms with E-state index in [0.717, 1.165) is 5.56 Å². The highest BCUT2D eigenvalue weighted by Crippen LogP contribution is 2.45. The summed E-state index contributed by atoms with van der Waals surface area (Å²) in [5, 5.41) is 7.67. The summed E-state index contributed by atoms with van der Waals surface area (Å²) in [6.45, 7) is 5.88. The Morgan fingerprint density at radius 3 is 1.89 bits per heavy atom. The van der Waals surface area contributed by atoms with Crippen molar-refractivity contribution in [1.29, 1.82) is 0 Å².